The van der Waals surface area contributed by atoms with Gasteiger partial charge in [-0.15, -0.1) is 0 Å². The van der Waals surface area contributed by atoms with Crippen LogP contribution in [0.3, 0.4) is 0 Å². The minimum atomic E-state index is -0.318. The van der Waals surface area contributed by atoms with E-state index in [4.69, 9.17) is 4.74 Å². The maximum atomic E-state index is 12.2. The molecule has 6 heteroatoms. The number of carbonyl (C=O) groups excluding carboxylic acids is 2. The number of amides is 2. The zero-order valence-electron chi connectivity index (χ0n) is 12.9. The van der Waals surface area contributed by atoms with Crippen LogP contribution in [0.1, 0.15) is 23.2 Å². The fraction of sp³-hybridized carbons (Fsp3) is 0.222. The Morgan fingerprint density at radius 2 is 1.92 bits per heavy atom. The van der Waals surface area contributed by atoms with Crippen LogP contribution in [0.25, 0.3) is 0 Å². The average molecular weight is 389 g/mol. The number of nitrogens with one attached hydrogen (secondary N) is 2. The van der Waals surface area contributed by atoms with Crippen LogP contribution in [0.15, 0.2) is 53.0 Å². The molecule has 124 valence electrons. The highest BCUT2D eigenvalue weighted by Crippen LogP contribution is 2.22. The number of benzene rings is 2. The van der Waals surface area contributed by atoms with E-state index in [0.29, 0.717) is 17.0 Å². The summed E-state index contributed by atoms with van der Waals surface area (Å²) in [4.78, 5) is 24.3. The zero-order chi connectivity index (χ0) is 16.9. The summed E-state index contributed by atoms with van der Waals surface area (Å²) in [6.07, 6.45) is 2.03. The van der Waals surface area contributed by atoms with E-state index in [1.165, 1.54) is 0 Å². The lowest BCUT2D eigenvalue weighted by Gasteiger charge is -2.12. The van der Waals surface area contributed by atoms with Crippen LogP contribution in [0.2, 0.25) is 0 Å². The summed E-state index contributed by atoms with van der Waals surface area (Å²) < 4.78 is 6.33. The van der Waals surface area contributed by atoms with Gasteiger partial charge in [-0.25, -0.2) is 0 Å². The molecule has 0 radical (unpaired) electrons. The minimum Gasteiger partial charge on any atom is -0.484 e. The Kier molecular flexibility index (Phi) is 5.15. The minimum absolute atomic E-state index is 0.130. The number of rotatable bonds is 6. The summed E-state index contributed by atoms with van der Waals surface area (Å²) in [5, 5.41) is 5.65. The highest BCUT2D eigenvalue weighted by atomic mass is 79.9. The maximum absolute atomic E-state index is 12.2. The number of halogens is 1. The Labute approximate surface area is 148 Å². The Morgan fingerprint density at radius 3 is 2.67 bits per heavy atom. The lowest BCUT2D eigenvalue weighted by Crippen LogP contribution is -2.27. The van der Waals surface area contributed by atoms with Crippen molar-refractivity contribution in [2.75, 3.05) is 11.9 Å². The Balaban J connectivity index is 1.60. The summed E-state index contributed by atoms with van der Waals surface area (Å²) in [6, 6.07) is 14.5. The van der Waals surface area contributed by atoms with Gasteiger partial charge in [0.2, 0.25) is 0 Å². The van der Waals surface area contributed by atoms with Gasteiger partial charge in [0.15, 0.2) is 6.61 Å². The SMILES string of the molecule is O=C(COc1cccc(Br)c1)Nc1ccccc1C(=O)NC1CC1. The van der Waals surface area contributed by atoms with Gasteiger partial charge >= 0.3 is 0 Å². The number of hydrogen-bond donors (Lipinski definition) is 2. The normalized spacial score (nSPS) is 13.2. The first-order valence-corrected chi connectivity index (χ1v) is 8.49. The molecule has 0 atom stereocenters. The van der Waals surface area contributed by atoms with Crippen molar-refractivity contribution >= 4 is 33.4 Å². The molecule has 2 N–H and O–H groups in total. The van der Waals surface area contributed by atoms with Gasteiger partial charge in [0.1, 0.15) is 5.75 Å². The van der Waals surface area contributed by atoms with E-state index >= 15 is 0 Å². The third-order valence-electron chi connectivity index (χ3n) is 3.52. The van der Waals surface area contributed by atoms with Crippen LogP contribution in [0, 0.1) is 0 Å². The molecule has 3 rings (SSSR count). The van der Waals surface area contributed by atoms with Gasteiger partial charge in [0.25, 0.3) is 11.8 Å². The Morgan fingerprint density at radius 1 is 1.12 bits per heavy atom. The van der Waals surface area contributed by atoms with Crippen LogP contribution >= 0.6 is 15.9 Å². The molecule has 0 saturated heterocycles. The van der Waals surface area contributed by atoms with Crippen LogP contribution in [0.4, 0.5) is 5.69 Å². The lowest BCUT2D eigenvalue weighted by molar-refractivity contribution is -0.118. The van der Waals surface area contributed by atoms with Crippen molar-refractivity contribution < 1.29 is 14.3 Å². The number of anilines is 1. The van der Waals surface area contributed by atoms with Gasteiger partial charge in [0.05, 0.1) is 11.3 Å². The van der Waals surface area contributed by atoms with Crippen molar-refractivity contribution in [1.29, 1.82) is 0 Å². The predicted molar refractivity (Wildman–Crippen MR) is 95.2 cm³/mol. The average Bonchev–Trinajstić information content (AvgIpc) is 3.37. The number of para-hydroxylation sites is 1. The maximum Gasteiger partial charge on any atom is 0.262 e. The molecular formula is C18H17BrN2O3. The van der Waals surface area contributed by atoms with E-state index < -0.39 is 0 Å². The molecule has 1 saturated carbocycles. The summed E-state index contributed by atoms with van der Waals surface area (Å²) in [5.41, 5.74) is 0.943. The second-order valence-electron chi connectivity index (χ2n) is 5.59. The first-order valence-electron chi connectivity index (χ1n) is 7.70. The third-order valence-corrected chi connectivity index (χ3v) is 4.02. The van der Waals surface area contributed by atoms with E-state index in [2.05, 4.69) is 26.6 Å². The van der Waals surface area contributed by atoms with E-state index in [1.807, 2.05) is 12.1 Å². The highest BCUT2D eigenvalue weighted by Gasteiger charge is 2.25. The molecule has 0 aromatic heterocycles. The molecule has 0 aliphatic heterocycles. The van der Waals surface area contributed by atoms with Crippen molar-refractivity contribution in [2.24, 2.45) is 0 Å². The largest absolute Gasteiger partial charge is 0.484 e. The molecule has 0 unspecified atom stereocenters. The first kappa shape index (κ1) is 16.5. The van der Waals surface area contributed by atoms with Crippen LogP contribution in [-0.4, -0.2) is 24.5 Å². The summed E-state index contributed by atoms with van der Waals surface area (Å²) >= 11 is 3.35. The highest BCUT2D eigenvalue weighted by molar-refractivity contribution is 9.10. The molecule has 1 aliphatic rings. The molecule has 5 nitrogen and oxygen atoms in total. The second-order valence-corrected chi connectivity index (χ2v) is 6.50. The van der Waals surface area contributed by atoms with Crippen LogP contribution < -0.4 is 15.4 Å². The summed E-state index contributed by atoms with van der Waals surface area (Å²) in [7, 11) is 0. The molecule has 24 heavy (non-hydrogen) atoms. The third kappa shape index (κ3) is 4.58. The van der Waals surface area contributed by atoms with Crippen LogP contribution in [0.5, 0.6) is 5.75 Å². The second kappa shape index (κ2) is 7.49. The first-order chi connectivity index (χ1) is 11.6. The summed E-state index contributed by atoms with van der Waals surface area (Å²) in [6.45, 7) is -0.130. The van der Waals surface area contributed by atoms with Crippen molar-refractivity contribution in [1.82, 2.24) is 5.32 Å². The standard InChI is InChI=1S/C18H17BrN2O3/c19-12-4-3-5-14(10-12)24-11-17(22)21-16-7-2-1-6-15(16)18(23)20-13-8-9-13/h1-7,10,13H,8-9,11H2,(H,20,23)(H,21,22). The molecule has 0 spiro atoms. The lowest BCUT2D eigenvalue weighted by atomic mass is 10.1. The van der Waals surface area contributed by atoms with E-state index in [-0.39, 0.29) is 24.5 Å². The van der Waals surface area contributed by atoms with Gasteiger partial charge in [0, 0.05) is 10.5 Å². The predicted octanol–water partition coefficient (Wildman–Crippen LogP) is 3.36. The Hall–Kier alpha value is -2.34. The van der Waals surface area contributed by atoms with Crippen molar-refractivity contribution in [3.05, 3.63) is 58.6 Å². The van der Waals surface area contributed by atoms with E-state index in [9.17, 15) is 9.59 Å². The van der Waals surface area contributed by atoms with Gasteiger partial charge in [-0.05, 0) is 43.2 Å². The number of hydrogen-bond acceptors (Lipinski definition) is 3. The molecule has 1 fully saturated rings. The van der Waals surface area contributed by atoms with Gasteiger partial charge < -0.3 is 15.4 Å². The number of carbonyl (C=O) groups is 2. The molecule has 0 heterocycles. The Bertz CT molecular complexity index is 759. The molecule has 0 bridgehead atoms. The zero-order valence-corrected chi connectivity index (χ0v) is 14.5. The fourth-order valence-electron chi connectivity index (χ4n) is 2.17. The smallest absolute Gasteiger partial charge is 0.262 e. The van der Waals surface area contributed by atoms with Gasteiger partial charge in [-0.3, -0.25) is 9.59 Å². The molecule has 2 aromatic carbocycles. The quantitative estimate of drug-likeness (QED) is 0.796. The monoisotopic (exact) mass is 388 g/mol. The van der Waals surface area contributed by atoms with Crippen molar-refractivity contribution in [3.8, 4) is 5.75 Å². The van der Waals surface area contributed by atoms with Crippen molar-refractivity contribution in [2.45, 2.75) is 18.9 Å². The molecule has 2 amide bonds. The van der Waals surface area contributed by atoms with E-state index in [1.54, 1.807) is 36.4 Å². The molecular weight excluding hydrogens is 372 g/mol. The number of ether oxygens (including phenoxy) is 1. The van der Waals surface area contributed by atoms with Gasteiger partial charge in [-0.2, -0.15) is 0 Å². The molecule has 2 aromatic rings. The fourth-order valence-corrected chi connectivity index (χ4v) is 2.55. The van der Waals surface area contributed by atoms with Crippen LogP contribution in [-0.2, 0) is 4.79 Å². The van der Waals surface area contributed by atoms with E-state index in [0.717, 1.165) is 17.3 Å². The summed E-state index contributed by atoms with van der Waals surface area (Å²) in [5.74, 6) is 0.113. The topological polar surface area (TPSA) is 67.4 Å². The molecule has 1 aliphatic carbocycles. The van der Waals surface area contributed by atoms with Gasteiger partial charge in [-0.1, -0.05) is 34.1 Å². The van der Waals surface area contributed by atoms with Crippen molar-refractivity contribution in [3.63, 3.8) is 0 Å².